The van der Waals surface area contributed by atoms with Crippen LogP contribution in [0.15, 0.2) is 0 Å². The van der Waals surface area contributed by atoms with Gasteiger partial charge in [-0.25, -0.2) is 0 Å². The molecule has 0 aromatic carbocycles. The standard InChI is InChI=1S/C2H3O.C2H5.Al/c1-2-3;1-2;/h1H3;1H2,2H3;/q;;+1. The summed E-state index contributed by atoms with van der Waals surface area (Å²) in [5.41, 5.74) is 0. The molecule has 0 unspecified atom stereocenters. The van der Waals surface area contributed by atoms with E-state index in [4.69, 9.17) is 0 Å². The topological polar surface area (TPSA) is 17.1 Å². The molecule has 2 heteroatoms. The number of carbonyl (C=O) groups is 1. The van der Waals surface area contributed by atoms with Crippen LogP contribution in [0.1, 0.15) is 13.8 Å². The van der Waals surface area contributed by atoms with Gasteiger partial charge in [0, 0.05) is 0 Å². The van der Waals surface area contributed by atoms with Gasteiger partial charge in [-0.3, -0.25) is 0 Å². The van der Waals surface area contributed by atoms with Crippen molar-refractivity contribution in [3.05, 3.63) is 0 Å². The van der Waals surface area contributed by atoms with Crippen LogP contribution >= 0.6 is 0 Å². The third-order valence-corrected chi connectivity index (χ3v) is 1.47. The molecule has 0 amide bonds. The third-order valence-electron chi connectivity index (χ3n) is 0.492. The van der Waals surface area contributed by atoms with E-state index in [1.54, 1.807) is 6.92 Å². The van der Waals surface area contributed by atoms with Crippen LogP contribution in [0.2, 0.25) is 5.28 Å². The van der Waals surface area contributed by atoms with E-state index in [1.165, 1.54) is 0 Å². The Morgan fingerprint density at radius 3 is 2.33 bits per heavy atom. The second kappa shape index (κ2) is 3.39. The molecule has 0 aromatic heterocycles. The van der Waals surface area contributed by atoms with Crippen LogP contribution in [0.4, 0.5) is 0 Å². The average molecular weight is 99.1 g/mol. The van der Waals surface area contributed by atoms with Crippen molar-refractivity contribution in [1.82, 2.24) is 0 Å². The van der Waals surface area contributed by atoms with Gasteiger partial charge < -0.3 is 0 Å². The number of hydrogen-bond acceptors (Lipinski definition) is 1. The second-order valence-corrected chi connectivity index (χ2v) is 3.26. The van der Waals surface area contributed by atoms with Crippen LogP contribution < -0.4 is 0 Å². The minimum atomic E-state index is 0.125. The predicted octanol–water partition coefficient (Wildman–Crippen LogP) is 0.675. The Labute approximate surface area is 44.5 Å². The molecule has 0 saturated heterocycles. The van der Waals surface area contributed by atoms with E-state index in [2.05, 4.69) is 0 Å². The Hall–Kier alpha value is 0.202. The fourth-order valence-corrected chi connectivity index (χ4v) is 0.862. The summed E-state index contributed by atoms with van der Waals surface area (Å²) in [6, 6.07) is 0. The first kappa shape index (κ1) is 6.20. The first-order chi connectivity index (χ1) is 2.77. The predicted molar refractivity (Wildman–Crippen MR) is 26.9 cm³/mol. The van der Waals surface area contributed by atoms with Gasteiger partial charge in [0.15, 0.2) is 0 Å². The molecule has 0 saturated carbocycles. The molecule has 32 valence electrons. The van der Waals surface area contributed by atoms with Crippen molar-refractivity contribution in [2.24, 2.45) is 0 Å². The van der Waals surface area contributed by atoms with Gasteiger partial charge in [0.1, 0.15) is 0 Å². The Bertz CT molecular complexity index is 51.5. The van der Waals surface area contributed by atoms with E-state index in [9.17, 15) is 4.79 Å². The molecule has 6 heavy (non-hydrogen) atoms. The molecule has 0 radical (unpaired) electrons. The fraction of sp³-hybridized carbons (Fsp3) is 0.750. The Balaban J connectivity index is 2.83. The van der Waals surface area contributed by atoms with Crippen LogP contribution in [0, 0.1) is 0 Å². The summed E-state index contributed by atoms with van der Waals surface area (Å²) in [7, 11) is 0. The van der Waals surface area contributed by atoms with Crippen LogP contribution in [-0.2, 0) is 4.79 Å². The third kappa shape index (κ3) is 4.20. The maximum atomic E-state index is 10.1. The van der Waals surface area contributed by atoms with Crippen molar-refractivity contribution in [2.75, 3.05) is 0 Å². The molecular weight excluding hydrogens is 91.0 g/mol. The Kier molecular flexibility index (Phi) is 3.51. The van der Waals surface area contributed by atoms with Gasteiger partial charge in [0.05, 0.1) is 0 Å². The van der Waals surface area contributed by atoms with E-state index < -0.39 is 0 Å². The van der Waals surface area contributed by atoms with Gasteiger partial charge in [0.25, 0.3) is 0 Å². The van der Waals surface area contributed by atoms with E-state index in [-0.39, 0.29) is 15.2 Å². The minimum absolute atomic E-state index is 0.125. The average Bonchev–Trinajstić information content (AvgIpc) is 1.35. The summed E-state index contributed by atoms with van der Waals surface area (Å²) in [5.74, 6) is 0. The van der Waals surface area contributed by atoms with Gasteiger partial charge in [-0.15, -0.1) is 0 Å². The van der Waals surface area contributed by atoms with Crippen LogP contribution in [-0.4, -0.2) is 19.9 Å². The molecule has 0 atom stereocenters. The molecule has 1 nitrogen and oxygen atoms in total. The monoisotopic (exact) mass is 99.0 g/mol. The summed E-state index contributed by atoms with van der Waals surface area (Å²) in [5, 5.41) is 1.06. The summed E-state index contributed by atoms with van der Waals surface area (Å²) in [6.07, 6.45) is 0. The molecule has 0 N–H and O–H groups in total. The van der Waals surface area contributed by atoms with Crippen molar-refractivity contribution in [2.45, 2.75) is 19.1 Å². The van der Waals surface area contributed by atoms with Crippen LogP contribution in [0.3, 0.4) is 0 Å². The Morgan fingerprint density at radius 2 is 2.33 bits per heavy atom. The van der Waals surface area contributed by atoms with E-state index in [0.717, 1.165) is 5.28 Å². The quantitative estimate of drug-likeness (QED) is 0.465. The normalized spacial score (nSPS) is 7.00. The molecule has 0 aliphatic carbocycles. The molecule has 0 bridgehead atoms. The first-order valence-corrected chi connectivity index (χ1v) is 3.50. The molecule has 0 aliphatic rings. The summed E-state index contributed by atoms with van der Waals surface area (Å²) >= 11 is 0.125. The molecule has 0 fully saturated rings. The van der Waals surface area contributed by atoms with Crippen molar-refractivity contribution in [3.8, 4) is 0 Å². The van der Waals surface area contributed by atoms with Gasteiger partial charge in [-0.05, 0) is 0 Å². The van der Waals surface area contributed by atoms with Crippen LogP contribution in [0.25, 0.3) is 0 Å². The SMILES string of the molecule is C[CH2][Al+][C](C)=O. The van der Waals surface area contributed by atoms with E-state index in [1.807, 2.05) is 6.92 Å². The summed E-state index contributed by atoms with van der Waals surface area (Å²) in [6.45, 7) is 3.69. The van der Waals surface area contributed by atoms with E-state index >= 15 is 0 Å². The molecule has 0 aromatic rings. The Morgan fingerprint density at radius 1 is 1.83 bits per heavy atom. The summed E-state index contributed by atoms with van der Waals surface area (Å²) in [4.78, 5) is 10.1. The fourth-order valence-electron chi connectivity index (χ4n) is 0.287. The zero-order valence-electron chi connectivity index (χ0n) is 4.19. The van der Waals surface area contributed by atoms with Crippen molar-refractivity contribution in [1.29, 1.82) is 0 Å². The van der Waals surface area contributed by atoms with Gasteiger partial charge in [-0.1, -0.05) is 0 Å². The number of hydrogen-bond donors (Lipinski definition) is 0. The van der Waals surface area contributed by atoms with Gasteiger partial charge in [-0.2, -0.15) is 0 Å². The van der Waals surface area contributed by atoms with Crippen molar-refractivity contribution in [3.63, 3.8) is 0 Å². The molecule has 0 spiro atoms. The number of rotatable bonds is 2. The van der Waals surface area contributed by atoms with Crippen LogP contribution in [0.5, 0.6) is 0 Å². The molecule has 0 aliphatic heterocycles. The second-order valence-electron chi connectivity index (χ2n) is 1.22. The van der Waals surface area contributed by atoms with E-state index in [0.29, 0.717) is 4.65 Å². The van der Waals surface area contributed by atoms with Gasteiger partial charge >= 0.3 is 43.8 Å². The first-order valence-electron chi connectivity index (χ1n) is 2.11. The van der Waals surface area contributed by atoms with Gasteiger partial charge in [0.2, 0.25) is 0 Å². The molecule has 0 heterocycles. The molecule has 0 rings (SSSR count). The zero-order chi connectivity index (χ0) is 4.99. The van der Waals surface area contributed by atoms with Crippen molar-refractivity contribution < 1.29 is 4.79 Å². The maximum absolute atomic E-state index is 10.1. The van der Waals surface area contributed by atoms with Crippen molar-refractivity contribution >= 4 is 19.9 Å². The molecular formula is C4H8AlO+. The number of carbonyl (C=O) groups excluding carboxylic acids is 1. The summed E-state index contributed by atoms with van der Waals surface area (Å²) < 4.78 is 0.373. The zero-order valence-corrected chi connectivity index (χ0v) is 5.35.